The first kappa shape index (κ1) is 15.4. The van der Waals surface area contributed by atoms with Crippen molar-refractivity contribution in [3.05, 3.63) is 18.0 Å². The molecule has 2 N–H and O–H groups in total. The van der Waals surface area contributed by atoms with Crippen LogP contribution in [0.25, 0.3) is 0 Å². The normalized spacial score (nSPS) is 29.0. The molecule has 0 aromatic carbocycles. The second-order valence-electron chi connectivity index (χ2n) is 6.12. The van der Waals surface area contributed by atoms with E-state index < -0.39 is 15.4 Å². The molecule has 0 radical (unpaired) electrons. The monoisotopic (exact) mass is 325 g/mol. The first-order chi connectivity index (χ1) is 10.5. The Morgan fingerprint density at radius 2 is 1.95 bits per heavy atom. The van der Waals surface area contributed by atoms with Crippen molar-refractivity contribution >= 4 is 22.3 Å². The number of anilines is 1. The summed E-state index contributed by atoms with van der Waals surface area (Å²) in [7, 11) is -3.43. The molecule has 1 heterocycles. The standard InChI is InChI=1S/C14H19N3O4S/c18-9-14(6-3-10(19)4-7-14)12-5-8-15-13(16-12)17-22(20,21)11-1-2-11/h5,8-11,19H,1-4,6-7H2,(H,15,16,17). The molecule has 1 aromatic rings. The van der Waals surface area contributed by atoms with E-state index in [2.05, 4.69) is 14.7 Å². The van der Waals surface area contributed by atoms with Crippen LogP contribution in [0.4, 0.5) is 5.95 Å². The number of carbonyl (C=O) groups excluding carboxylic acids is 1. The molecule has 2 fully saturated rings. The Morgan fingerprint density at radius 3 is 2.55 bits per heavy atom. The Morgan fingerprint density at radius 1 is 1.27 bits per heavy atom. The van der Waals surface area contributed by atoms with Gasteiger partial charge in [-0.3, -0.25) is 4.72 Å². The van der Waals surface area contributed by atoms with Crippen molar-refractivity contribution in [2.45, 2.75) is 55.3 Å². The van der Waals surface area contributed by atoms with Crippen LogP contribution in [0.15, 0.2) is 12.3 Å². The quantitative estimate of drug-likeness (QED) is 0.773. The lowest BCUT2D eigenvalue weighted by Gasteiger charge is -2.33. The van der Waals surface area contributed by atoms with Crippen molar-refractivity contribution in [2.24, 2.45) is 0 Å². The number of hydrogen-bond donors (Lipinski definition) is 2. The number of aliphatic hydroxyl groups is 1. The highest BCUT2D eigenvalue weighted by Crippen LogP contribution is 2.37. The summed E-state index contributed by atoms with van der Waals surface area (Å²) in [5.41, 5.74) is -0.250. The predicted octanol–water partition coefficient (Wildman–Crippen LogP) is 0.752. The van der Waals surface area contributed by atoms with Crippen molar-refractivity contribution in [1.29, 1.82) is 0 Å². The third-order valence-corrected chi connectivity index (χ3v) is 6.25. The van der Waals surface area contributed by atoms with Gasteiger partial charge in [-0.1, -0.05) is 0 Å². The van der Waals surface area contributed by atoms with E-state index in [4.69, 9.17) is 0 Å². The predicted molar refractivity (Wildman–Crippen MR) is 79.8 cm³/mol. The number of rotatable bonds is 5. The van der Waals surface area contributed by atoms with Gasteiger partial charge in [0.2, 0.25) is 16.0 Å². The summed E-state index contributed by atoms with van der Waals surface area (Å²) < 4.78 is 26.3. The zero-order chi connectivity index (χ0) is 15.8. The molecule has 22 heavy (non-hydrogen) atoms. The minimum Gasteiger partial charge on any atom is -0.393 e. The Kier molecular flexibility index (Phi) is 3.90. The molecular formula is C14H19N3O4S. The summed E-state index contributed by atoms with van der Waals surface area (Å²) in [6.07, 6.45) is 5.33. The maximum atomic E-state index is 11.9. The largest absolute Gasteiger partial charge is 0.393 e. The van der Waals surface area contributed by atoms with Gasteiger partial charge in [-0.05, 0) is 44.6 Å². The number of sulfonamides is 1. The smallest absolute Gasteiger partial charge is 0.237 e. The fourth-order valence-corrected chi connectivity index (χ4v) is 4.10. The number of aliphatic hydroxyl groups excluding tert-OH is 1. The van der Waals surface area contributed by atoms with E-state index in [0.717, 1.165) is 6.29 Å². The van der Waals surface area contributed by atoms with Crippen LogP contribution >= 0.6 is 0 Å². The number of aldehydes is 1. The lowest BCUT2D eigenvalue weighted by atomic mass is 9.72. The molecule has 8 heteroatoms. The highest BCUT2D eigenvalue weighted by molar-refractivity contribution is 7.93. The number of aromatic nitrogens is 2. The van der Waals surface area contributed by atoms with E-state index in [9.17, 15) is 18.3 Å². The van der Waals surface area contributed by atoms with Crippen molar-refractivity contribution in [2.75, 3.05) is 4.72 Å². The van der Waals surface area contributed by atoms with Gasteiger partial charge in [0.1, 0.15) is 6.29 Å². The maximum Gasteiger partial charge on any atom is 0.237 e. The third kappa shape index (κ3) is 2.98. The van der Waals surface area contributed by atoms with E-state index in [-0.39, 0.29) is 17.3 Å². The minimum absolute atomic E-state index is 0.0109. The minimum atomic E-state index is -3.43. The molecule has 120 valence electrons. The van der Waals surface area contributed by atoms with Crippen LogP contribution in [0.3, 0.4) is 0 Å². The molecule has 7 nitrogen and oxygen atoms in total. The topological polar surface area (TPSA) is 109 Å². The Bertz CT molecular complexity index is 664. The Balaban J connectivity index is 1.85. The van der Waals surface area contributed by atoms with Crippen molar-refractivity contribution in [3.63, 3.8) is 0 Å². The summed E-state index contributed by atoms with van der Waals surface area (Å²) in [4.78, 5) is 19.8. The lowest BCUT2D eigenvalue weighted by molar-refractivity contribution is -0.114. The van der Waals surface area contributed by atoms with Gasteiger partial charge >= 0.3 is 0 Å². The molecule has 0 spiro atoms. The van der Waals surface area contributed by atoms with Crippen molar-refractivity contribution in [1.82, 2.24) is 9.97 Å². The second kappa shape index (κ2) is 5.58. The van der Waals surface area contributed by atoms with E-state index in [1.165, 1.54) is 6.20 Å². The van der Waals surface area contributed by atoms with E-state index >= 15 is 0 Å². The van der Waals surface area contributed by atoms with E-state index in [0.29, 0.717) is 44.2 Å². The molecule has 0 saturated heterocycles. The summed E-state index contributed by atoms with van der Waals surface area (Å²) in [6.45, 7) is 0. The van der Waals surface area contributed by atoms with Crippen LogP contribution in [0, 0.1) is 0 Å². The van der Waals surface area contributed by atoms with Gasteiger partial charge in [-0.2, -0.15) is 0 Å². The van der Waals surface area contributed by atoms with Crippen LogP contribution in [0.5, 0.6) is 0 Å². The molecule has 0 amide bonds. The molecule has 0 aliphatic heterocycles. The lowest BCUT2D eigenvalue weighted by Crippen LogP contribution is -2.36. The van der Waals surface area contributed by atoms with Crippen LogP contribution in [-0.4, -0.2) is 41.1 Å². The highest BCUT2D eigenvalue weighted by atomic mass is 32.2. The molecule has 0 unspecified atom stereocenters. The number of nitrogens with zero attached hydrogens (tertiary/aromatic N) is 2. The summed E-state index contributed by atoms with van der Waals surface area (Å²) in [5, 5.41) is 9.26. The molecule has 2 saturated carbocycles. The van der Waals surface area contributed by atoms with Gasteiger partial charge < -0.3 is 9.90 Å². The molecular weight excluding hydrogens is 306 g/mol. The average Bonchev–Trinajstić information content (AvgIpc) is 3.33. The Hall–Kier alpha value is -1.54. The van der Waals surface area contributed by atoms with Gasteiger partial charge in [0.05, 0.1) is 22.5 Å². The number of carbonyl (C=O) groups is 1. The maximum absolute atomic E-state index is 11.9. The SMILES string of the molecule is O=CC1(c2ccnc(NS(=O)(=O)C3CC3)n2)CCC(O)CC1. The van der Waals surface area contributed by atoms with Gasteiger partial charge in [0.15, 0.2) is 0 Å². The van der Waals surface area contributed by atoms with Gasteiger partial charge in [0, 0.05) is 6.20 Å². The molecule has 0 atom stereocenters. The summed E-state index contributed by atoms with van der Waals surface area (Å²) >= 11 is 0. The molecule has 3 rings (SSSR count). The van der Waals surface area contributed by atoms with Gasteiger partial charge in [-0.15, -0.1) is 0 Å². The van der Waals surface area contributed by atoms with Crippen LogP contribution in [0.2, 0.25) is 0 Å². The average molecular weight is 325 g/mol. The fraction of sp³-hybridized carbons (Fsp3) is 0.643. The summed E-state index contributed by atoms with van der Waals surface area (Å²) in [6, 6.07) is 1.64. The van der Waals surface area contributed by atoms with Crippen LogP contribution in [-0.2, 0) is 20.2 Å². The van der Waals surface area contributed by atoms with Crippen molar-refractivity contribution in [3.8, 4) is 0 Å². The zero-order valence-corrected chi connectivity index (χ0v) is 12.9. The first-order valence-corrected chi connectivity index (χ1v) is 8.99. The fourth-order valence-electron chi connectivity index (χ4n) is 2.83. The van der Waals surface area contributed by atoms with Gasteiger partial charge in [-0.25, -0.2) is 18.4 Å². The molecule has 0 bridgehead atoms. The molecule has 1 aromatic heterocycles. The third-order valence-electron chi connectivity index (χ3n) is 4.44. The highest BCUT2D eigenvalue weighted by Gasteiger charge is 2.39. The zero-order valence-electron chi connectivity index (χ0n) is 12.1. The molecule has 2 aliphatic carbocycles. The number of hydrogen-bond acceptors (Lipinski definition) is 6. The second-order valence-corrected chi connectivity index (χ2v) is 8.08. The summed E-state index contributed by atoms with van der Waals surface area (Å²) in [5.74, 6) is 0.0109. The van der Waals surface area contributed by atoms with E-state index in [1.807, 2.05) is 0 Å². The van der Waals surface area contributed by atoms with Gasteiger partial charge in [0.25, 0.3) is 0 Å². The number of nitrogens with one attached hydrogen (secondary N) is 1. The van der Waals surface area contributed by atoms with E-state index in [1.54, 1.807) is 6.07 Å². The van der Waals surface area contributed by atoms with Crippen LogP contribution < -0.4 is 4.72 Å². The van der Waals surface area contributed by atoms with Crippen LogP contribution in [0.1, 0.15) is 44.2 Å². The Labute approximate surface area is 129 Å². The van der Waals surface area contributed by atoms with Crippen molar-refractivity contribution < 1.29 is 18.3 Å². The molecule has 2 aliphatic rings. The first-order valence-electron chi connectivity index (χ1n) is 7.45.